The Morgan fingerprint density at radius 2 is 2.22 bits per heavy atom. The number of nitrogens with zero attached hydrogens (tertiary/aromatic N) is 2. The number of hydrogen-bond donors (Lipinski definition) is 1. The zero-order valence-corrected chi connectivity index (χ0v) is 12.2. The molecule has 0 fully saturated rings. The quantitative estimate of drug-likeness (QED) is 0.902. The minimum Gasteiger partial charge on any atom is -0.341 e. The number of amidine groups is 1. The molecular weight excluding hydrogens is 266 g/mol. The molecule has 0 aromatic heterocycles. The molecule has 0 radical (unpaired) electrons. The Morgan fingerprint density at radius 3 is 2.83 bits per heavy atom. The van der Waals surface area contributed by atoms with Crippen LogP contribution in [-0.4, -0.2) is 24.6 Å². The van der Waals surface area contributed by atoms with Gasteiger partial charge in [0.1, 0.15) is 5.84 Å². The highest BCUT2D eigenvalue weighted by Crippen LogP contribution is 2.33. The fourth-order valence-corrected chi connectivity index (χ4v) is 2.89. The van der Waals surface area contributed by atoms with Gasteiger partial charge in [-0.15, -0.1) is 11.8 Å². The average molecular weight is 282 g/mol. The van der Waals surface area contributed by atoms with Gasteiger partial charge in [0.15, 0.2) is 5.50 Å². The molecule has 0 saturated carbocycles. The second-order valence-electron chi connectivity index (χ2n) is 3.97. The van der Waals surface area contributed by atoms with Crippen LogP contribution in [0, 0.1) is 6.92 Å². The van der Waals surface area contributed by atoms with Crippen molar-refractivity contribution >= 4 is 34.9 Å². The van der Waals surface area contributed by atoms with Crippen LogP contribution in [0.4, 0.5) is 5.69 Å². The van der Waals surface area contributed by atoms with Crippen LogP contribution >= 0.6 is 23.4 Å². The van der Waals surface area contributed by atoms with Crippen LogP contribution in [0.1, 0.15) is 5.56 Å². The molecule has 2 rings (SSSR count). The summed E-state index contributed by atoms with van der Waals surface area (Å²) < 4.78 is 0. The molecule has 1 aliphatic heterocycles. The Morgan fingerprint density at radius 1 is 1.44 bits per heavy atom. The van der Waals surface area contributed by atoms with Crippen molar-refractivity contribution in [3.8, 4) is 0 Å². The van der Waals surface area contributed by atoms with Crippen LogP contribution in [0.15, 0.2) is 35.5 Å². The first kappa shape index (κ1) is 13.3. The second-order valence-corrected chi connectivity index (χ2v) is 5.29. The summed E-state index contributed by atoms with van der Waals surface area (Å²) in [5.74, 6) is 0.885. The second kappa shape index (κ2) is 5.67. The Labute approximate surface area is 117 Å². The van der Waals surface area contributed by atoms with Crippen LogP contribution in [0.3, 0.4) is 0 Å². The summed E-state index contributed by atoms with van der Waals surface area (Å²) in [6, 6.07) is 5.95. The molecular formula is C13H16ClN3S. The van der Waals surface area contributed by atoms with E-state index in [0.717, 1.165) is 22.1 Å². The third-order valence-corrected chi connectivity index (χ3v) is 3.92. The van der Waals surface area contributed by atoms with E-state index in [1.54, 1.807) is 18.8 Å². The van der Waals surface area contributed by atoms with Crippen LogP contribution in [-0.2, 0) is 0 Å². The van der Waals surface area contributed by atoms with Crippen molar-refractivity contribution in [2.75, 3.05) is 18.2 Å². The molecule has 1 aliphatic rings. The van der Waals surface area contributed by atoms with Gasteiger partial charge < -0.3 is 10.2 Å². The van der Waals surface area contributed by atoms with Gasteiger partial charge in [0.05, 0.1) is 10.7 Å². The van der Waals surface area contributed by atoms with E-state index in [1.807, 2.05) is 24.4 Å². The molecule has 96 valence electrons. The van der Waals surface area contributed by atoms with Crippen LogP contribution in [0.5, 0.6) is 0 Å². The predicted octanol–water partition coefficient (Wildman–Crippen LogP) is 3.25. The summed E-state index contributed by atoms with van der Waals surface area (Å²) in [4.78, 5) is 6.30. The lowest BCUT2D eigenvalue weighted by Crippen LogP contribution is -2.46. The topological polar surface area (TPSA) is 27.6 Å². The summed E-state index contributed by atoms with van der Waals surface area (Å²) in [6.07, 6.45) is 6.03. The van der Waals surface area contributed by atoms with Gasteiger partial charge in [-0.3, -0.25) is 4.99 Å². The van der Waals surface area contributed by atoms with E-state index >= 15 is 0 Å². The molecule has 0 bridgehead atoms. The maximum atomic E-state index is 6.31. The molecule has 0 aliphatic carbocycles. The van der Waals surface area contributed by atoms with Crippen molar-refractivity contribution in [1.82, 2.24) is 5.32 Å². The van der Waals surface area contributed by atoms with Crippen LogP contribution < -0.4 is 10.2 Å². The predicted molar refractivity (Wildman–Crippen MR) is 81.6 cm³/mol. The fourth-order valence-electron chi connectivity index (χ4n) is 1.93. The van der Waals surface area contributed by atoms with Gasteiger partial charge in [-0.2, -0.15) is 0 Å². The van der Waals surface area contributed by atoms with Gasteiger partial charge in [0.25, 0.3) is 0 Å². The molecule has 1 N–H and O–H groups in total. The molecule has 1 heterocycles. The first-order valence-corrected chi connectivity index (χ1v) is 7.31. The number of nitrogens with one attached hydrogen (secondary N) is 1. The molecule has 1 aromatic carbocycles. The fraction of sp³-hybridized carbons (Fsp3) is 0.308. The van der Waals surface area contributed by atoms with Gasteiger partial charge >= 0.3 is 0 Å². The molecule has 5 heteroatoms. The molecule has 0 saturated heterocycles. The van der Waals surface area contributed by atoms with E-state index in [0.29, 0.717) is 0 Å². The van der Waals surface area contributed by atoms with Crippen molar-refractivity contribution in [3.05, 3.63) is 41.1 Å². The molecule has 0 spiro atoms. The van der Waals surface area contributed by atoms with Crippen LogP contribution in [0.2, 0.25) is 5.02 Å². The molecule has 1 atom stereocenters. The lowest BCUT2D eigenvalue weighted by molar-refractivity contribution is 0.796. The summed E-state index contributed by atoms with van der Waals surface area (Å²) in [5, 5.41) is 4.11. The first-order chi connectivity index (χ1) is 8.67. The van der Waals surface area contributed by atoms with Crippen molar-refractivity contribution in [1.29, 1.82) is 0 Å². The van der Waals surface area contributed by atoms with E-state index in [-0.39, 0.29) is 5.50 Å². The van der Waals surface area contributed by atoms with E-state index in [1.165, 1.54) is 0 Å². The zero-order valence-electron chi connectivity index (χ0n) is 10.6. The number of hydrogen-bond acceptors (Lipinski definition) is 3. The standard InChI is InChI=1S/C13H16ClN3S/c1-9-5-4-6-10(14)12(9)17-8-7-11(15-2)16-13(17)18-3/h4-8,13H,1-3H3,(H,15,16). The van der Waals surface area contributed by atoms with E-state index in [2.05, 4.69) is 34.5 Å². The third kappa shape index (κ3) is 2.49. The van der Waals surface area contributed by atoms with Crippen molar-refractivity contribution in [3.63, 3.8) is 0 Å². The maximum absolute atomic E-state index is 6.31. The SMILES string of the molecule is CN=C1C=CN(c2c(C)cccc2Cl)C(SC)N1. The molecule has 1 aromatic rings. The number of thioether (sulfide) groups is 1. The summed E-state index contributed by atoms with van der Waals surface area (Å²) >= 11 is 8.02. The zero-order chi connectivity index (χ0) is 13.1. The smallest absolute Gasteiger partial charge is 0.153 e. The lowest BCUT2D eigenvalue weighted by atomic mass is 10.2. The number of anilines is 1. The minimum atomic E-state index is 0.104. The number of halogens is 1. The molecule has 3 nitrogen and oxygen atoms in total. The number of benzene rings is 1. The Bertz CT molecular complexity index is 479. The van der Waals surface area contributed by atoms with Gasteiger partial charge in [-0.25, -0.2) is 0 Å². The normalized spacial score (nSPS) is 21.2. The van der Waals surface area contributed by atoms with Crippen molar-refractivity contribution in [2.45, 2.75) is 12.4 Å². The summed E-state index contributed by atoms with van der Waals surface area (Å²) in [6.45, 7) is 2.07. The third-order valence-electron chi connectivity index (χ3n) is 2.83. The number of aliphatic imine (C=N–C) groups is 1. The average Bonchev–Trinajstić information content (AvgIpc) is 2.38. The van der Waals surface area contributed by atoms with Crippen LogP contribution in [0.25, 0.3) is 0 Å². The summed E-state index contributed by atoms with van der Waals surface area (Å²) in [5.41, 5.74) is 2.30. The van der Waals surface area contributed by atoms with Gasteiger partial charge in [-0.05, 0) is 30.9 Å². The number of aryl methyl sites for hydroxylation is 1. The monoisotopic (exact) mass is 281 g/mol. The number of para-hydroxylation sites is 1. The van der Waals surface area contributed by atoms with Gasteiger partial charge in [-0.1, -0.05) is 23.7 Å². The largest absolute Gasteiger partial charge is 0.341 e. The molecule has 0 amide bonds. The molecule has 18 heavy (non-hydrogen) atoms. The van der Waals surface area contributed by atoms with E-state index in [4.69, 9.17) is 11.6 Å². The van der Waals surface area contributed by atoms with Gasteiger partial charge in [0, 0.05) is 13.2 Å². The maximum Gasteiger partial charge on any atom is 0.153 e. The highest BCUT2D eigenvalue weighted by molar-refractivity contribution is 7.99. The van der Waals surface area contributed by atoms with E-state index < -0.39 is 0 Å². The highest BCUT2D eigenvalue weighted by Gasteiger charge is 2.23. The Hall–Kier alpha value is -1.13. The van der Waals surface area contributed by atoms with E-state index in [9.17, 15) is 0 Å². The number of rotatable bonds is 2. The summed E-state index contributed by atoms with van der Waals surface area (Å²) in [7, 11) is 1.78. The first-order valence-electron chi connectivity index (χ1n) is 5.65. The van der Waals surface area contributed by atoms with Crippen molar-refractivity contribution in [2.24, 2.45) is 4.99 Å². The Kier molecular flexibility index (Phi) is 4.19. The minimum absolute atomic E-state index is 0.104. The van der Waals surface area contributed by atoms with Crippen molar-refractivity contribution < 1.29 is 0 Å². The molecule has 1 unspecified atom stereocenters. The highest BCUT2D eigenvalue weighted by atomic mass is 35.5. The van der Waals surface area contributed by atoms with Gasteiger partial charge in [0.2, 0.25) is 0 Å². The Balaban J connectivity index is 2.43. The lowest BCUT2D eigenvalue weighted by Gasteiger charge is -2.35.